The smallest absolute Gasteiger partial charge is 0.184 e. The number of aromatic amines is 1. The van der Waals surface area contributed by atoms with Gasteiger partial charge in [0.25, 0.3) is 0 Å². The van der Waals surface area contributed by atoms with Crippen LogP contribution in [0.5, 0.6) is 0 Å². The van der Waals surface area contributed by atoms with Crippen LogP contribution in [0.25, 0.3) is 11.4 Å². The summed E-state index contributed by atoms with van der Waals surface area (Å²) in [5, 5.41) is 11.1. The lowest BCUT2D eigenvalue weighted by Gasteiger charge is -2.02. The van der Waals surface area contributed by atoms with Crippen LogP contribution in [0.4, 0.5) is 0 Å². The highest BCUT2D eigenvalue weighted by molar-refractivity contribution is 5.51. The molecule has 0 saturated carbocycles. The van der Waals surface area contributed by atoms with Crippen LogP contribution < -0.4 is 0 Å². The van der Waals surface area contributed by atoms with E-state index in [0.717, 1.165) is 11.4 Å². The van der Waals surface area contributed by atoms with Crippen LogP contribution in [0.1, 0.15) is 25.7 Å². The van der Waals surface area contributed by atoms with Crippen molar-refractivity contribution < 1.29 is 0 Å². The van der Waals surface area contributed by atoms with Crippen LogP contribution in [-0.4, -0.2) is 25.0 Å². The first kappa shape index (κ1) is 8.93. The summed E-state index contributed by atoms with van der Waals surface area (Å²) in [6, 6.07) is 0.365. The number of hydrogen-bond acceptors (Lipinski definition) is 3. The summed E-state index contributed by atoms with van der Waals surface area (Å²) in [5.74, 6) is 1.52. The molecular formula is C9H13N5. The molecule has 1 N–H and O–H groups in total. The first-order chi connectivity index (χ1) is 6.66. The van der Waals surface area contributed by atoms with E-state index >= 15 is 0 Å². The second-order valence-corrected chi connectivity index (χ2v) is 3.55. The van der Waals surface area contributed by atoms with Crippen molar-refractivity contribution in [3.05, 3.63) is 18.2 Å². The molecule has 0 aliphatic carbocycles. The topological polar surface area (TPSA) is 59.4 Å². The lowest BCUT2D eigenvalue weighted by Crippen LogP contribution is -1.99. The van der Waals surface area contributed by atoms with E-state index < -0.39 is 0 Å². The molecule has 2 aromatic rings. The molecule has 2 rings (SSSR count). The number of nitrogens with one attached hydrogen (secondary N) is 1. The monoisotopic (exact) mass is 191 g/mol. The summed E-state index contributed by atoms with van der Waals surface area (Å²) in [6.45, 7) is 6.05. The highest BCUT2D eigenvalue weighted by atomic mass is 15.3. The summed E-state index contributed by atoms with van der Waals surface area (Å²) in [4.78, 5) is 4.23. The first-order valence-electron chi connectivity index (χ1n) is 4.60. The fourth-order valence-corrected chi connectivity index (χ4v) is 1.21. The Labute approximate surface area is 82.2 Å². The van der Waals surface area contributed by atoms with Gasteiger partial charge in [0, 0.05) is 12.2 Å². The van der Waals surface area contributed by atoms with Gasteiger partial charge in [0.1, 0.15) is 5.82 Å². The number of nitrogens with zero attached hydrogens (tertiary/aromatic N) is 4. The van der Waals surface area contributed by atoms with Gasteiger partial charge in [-0.1, -0.05) is 0 Å². The molecule has 74 valence electrons. The fraction of sp³-hybridized carbons (Fsp3) is 0.444. The van der Waals surface area contributed by atoms with Gasteiger partial charge in [-0.3, -0.25) is 9.78 Å². The Bertz CT molecular complexity index is 426. The third-order valence-electron chi connectivity index (χ3n) is 1.99. The zero-order valence-corrected chi connectivity index (χ0v) is 8.52. The molecule has 14 heavy (non-hydrogen) atoms. The number of aryl methyl sites for hydroxylation is 1. The molecule has 0 amide bonds. The molecule has 5 nitrogen and oxygen atoms in total. The van der Waals surface area contributed by atoms with Gasteiger partial charge in [-0.05, 0) is 20.8 Å². The Kier molecular flexibility index (Phi) is 2.07. The van der Waals surface area contributed by atoms with Gasteiger partial charge >= 0.3 is 0 Å². The van der Waals surface area contributed by atoms with Gasteiger partial charge in [-0.15, -0.1) is 0 Å². The van der Waals surface area contributed by atoms with E-state index in [1.807, 2.05) is 17.8 Å². The average Bonchev–Trinajstić information content (AvgIpc) is 2.70. The Morgan fingerprint density at radius 2 is 2.21 bits per heavy atom. The predicted octanol–water partition coefficient (Wildman–Crippen LogP) is 1.56. The van der Waals surface area contributed by atoms with E-state index in [4.69, 9.17) is 0 Å². The molecular weight excluding hydrogens is 178 g/mol. The molecule has 0 bridgehead atoms. The number of rotatable bonds is 2. The zero-order valence-electron chi connectivity index (χ0n) is 8.52. The minimum atomic E-state index is 0.365. The summed E-state index contributed by atoms with van der Waals surface area (Å²) in [6.07, 6.45) is 3.73. The van der Waals surface area contributed by atoms with E-state index in [9.17, 15) is 0 Å². The molecule has 0 atom stereocenters. The molecule has 0 aromatic carbocycles. The van der Waals surface area contributed by atoms with E-state index in [1.54, 1.807) is 6.20 Å². The Balaban J connectivity index is 2.33. The maximum atomic E-state index is 4.23. The molecule has 5 heteroatoms. The number of aromatic nitrogens is 5. The molecule has 0 unspecified atom stereocenters. The SMILES string of the molecule is Cc1nc(-c2cnn(C(C)C)c2)n[nH]1. The van der Waals surface area contributed by atoms with Gasteiger partial charge in [0.15, 0.2) is 5.82 Å². The summed E-state index contributed by atoms with van der Waals surface area (Å²) in [5.41, 5.74) is 0.947. The van der Waals surface area contributed by atoms with E-state index in [-0.39, 0.29) is 0 Å². The van der Waals surface area contributed by atoms with Crippen molar-refractivity contribution in [3.63, 3.8) is 0 Å². The van der Waals surface area contributed by atoms with Crippen molar-refractivity contribution in [2.24, 2.45) is 0 Å². The molecule has 0 spiro atoms. The van der Waals surface area contributed by atoms with E-state index in [0.29, 0.717) is 11.9 Å². The van der Waals surface area contributed by atoms with E-state index in [1.165, 1.54) is 0 Å². The van der Waals surface area contributed by atoms with Crippen LogP contribution in [0, 0.1) is 6.92 Å². The summed E-state index contributed by atoms with van der Waals surface area (Å²) < 4.78 is 1.89. The van der Waals surface area contributed by atoms with Crippen molar-refractivity contribution in [1.29, 1.82) is 0 Å². The van der Waals surface area contributed by atoms with Crippen molar-refractivity contribution in [1.82, 2.24) is 25.0 Å². The van der Waals surface area contributed by atoms with Crippen molar-refractivity contribution >= 4 is 0 Å². The molecule has 2 aromatic heterocycles. The highest BCUT2D eigenvalue weighted by Crippen LogP contribution is 2.15. The van der Waals surface area contributed by atoms with Crippen molar-refractivity contribution in [2.75, 3.05) is 0 Å². The van der Waals surface area contributed by atoms with Gasteiger partial charge < -0.3 is 0 Å². The number of H-pyrrole nitrogens is 1. The average molecular weight is 191 g/mol. The van der Waals surface area contributed by atoms with Gasteiger partial charge in [0.2, 0.25) is 0 Å². The quantitative estimate of drug-likeness (QED) is 0.783. The first-order valence-corrected chi connectivity index (χ1v) is 4.60. The Morgan fingerprint density at radius 1 is 1.43 bits per heavy atom. The maximum Gasteiger partial charge on any atom is 0.184 e. The molecule has 0 saturated heterocycles. The minimum Gasteiger partial charge on any atom is -0.270 e. The second-order valence-electron chi connectivity index (χ2n) is 3.55. The van der Waals surface area contributed by atoms with Crippen LogP contribution in [-0.2, 0) is 0 Å². The lowest BCUT2D eigenvalue weighted by atomic mass is 10.3. The molecule has 0 radical (unpaired) electrons. The standard InChI is InChI=1S/C9H13N5/c1-6(2)14-5-8(4-10-14)9-11-7(3)12-13-9/h4-6H,1-3H3,(H,11,12,13). The second kappa shape index (κ2) is 3.25. The Morgan fingerprint density at radius 3 is 2.71 bits per heavy atom. The molecule has 0 fully saturated rings. The van der Waals surface area contributed by atoms with Gasteiger partial charge in [-0.2, -0.15) is 10.2 Å². The van der Waals surface area contributed by atoms with Gasteiger partial charge in [-0.25, -0.2) is 4.98 Å². The van der Waals surface area contributed by atoms with Crippen LogP contribution >= 0.6 is 0 Å². The molecule has 2 heterocycles. The summed E-state index contributed by atoms with van der Waals surface area (Å²) in [7, 11) is 0. The zero-order chi connectivity index (χ0) is 10.1. The third-order valence-corrected chi connectivity index (χ3v) is 1.99. The Hall–Kier alpha value is -1.65. The van der Waals surface area contributed by atoms with Crippen molar-refractivity contribution in [3.8, 4) is 11.4 Å². The predicted molar refractivity (Wildman–Crippen MR) is 52.7 cm³/mol. The van der Waals surface area contributed by atoms with Crippen LogP contribution in [0.15, 0.2) is 12.4 Å². The summed E-state index contributed by atoms with van der Waals surface area (Å²) >= 11 is 0. The molecule has 0 aliphatic rings. The molecule has 0 aliphatic heterocycles. The minimum absolute atomic E-state index is 0.365. The fourth-order valence-electron chi connectivity index (χ4n) is 1.21. The van der Waals surface area contributed by atoms with E-state index in [2.05, 4.69) is 34.1 Å². The lowest BCUT2D eigenvalue weighted by molar-refractivity contribution is 0.532. The largest absolute Gasteiger partial charge is 0.270 e. The van der Waals surface area contributed by atoms with Crippen LogP contribution in [0.3, 0.4) is 0 Å². The number of hydrogen-bond donors (Lipinski definition) is 1. The van der Waals surface area contributed by atoms with Crippen LogP contribution in [0.2, 0.25) is 0 Å². The highest BCUT2D eigenvalue weighted by Gasteiger charge is 2.07. The van der Waals surface area contributed by atoms with Gasteiger partial charge in [0.05, 0.1) is 11.8 Å². The third kappa shape index (κ3) is 1.53. The normalized spacial score (nSPS) is 11.1. The van der Waals surface area contributed by atoms with Crippen molar-refractivity contribution in [2.45, 2.75) is 26.8 Å². The maximum absolute atomic E-state index is 4.23.